The lowest BCUT2D eigenvalue weighted by atomic mass is 9.76. The second kappa shape index (κ2) is 19.1. The van der Waals surface area contributed by atoms with Gasteiger partial charge in [-0.25, -0.2) is 0 Å². The molecule has 0 aromatic heterocycles. The van der Waals surface area contributed by atoms with Gasteiger partial charge in [-0.2, -0.15) is 0 Å². The van der Waals surface area contributed by atoms with Crippen molar-refractivity contribution in [2.75, 3.05) is 9.80 Å². The van der Waals surface area contributed by atoms with Crippen LogP contribution >= 0.6 is 0 Å². The van der Waals surface area contributed by atoms with Crippen molar-refractivity contribution in [3.8, 4) is 56.3 Å². The summed E-state index contributed by atoms with van der Waals surface area (Å²) in [5.41, 5.74) is 19.9. The predicted octanol–water partition coefficient (Wildman–Crippen LogP) is 18.7. The van der Waals surface area contributed by atoms with Crippen molar-refractivity contribution in [1.29, 1.82) is 0 Å². The standard InChI is InChI=1S/C63H48N2.C4H6/c1-4-16-45(17-5-1)47-26-34-52(35-27-47)64(53-36-28-48(29-37-53)46-18-6-2-7-19-46)54-38-30-49(31-39-54)50-32-40-55(41-33-50)65(51-20-8-3-9-21-51)61-44-60-62(57-23-11-10-22-56(57)61)58-24-12-13-25-59(58)63(60)42-14-15-43-63;1-3-4-2/h1-13,16-41,44H,14-15,42-43H2;1-2H3. The van der Waals surface area contributed by atoms with Crippen LogP contribution in [0.5, 0.6) is 0 Å². The molecule has 0 atom stereocenters. The third-order valence-corrected chi connectivity index (χ3v) is 14.3. The third-order valence-electron chi connectivity index (χ3n) is 14.3. The van der Waals surface area contributed by atoms with Crippen LogP contribution in [0.4, 0.5) is 34.1 Å². The van der Waals surface area contributed by atoms with Gasteiger partial charge in [-0.1, -0.05) is 189 Å². The minimum absolute atomic E-state index is 0.0654. The highest BCUT2D eigenvalue weighted by Gasteiger charge is 2.46. The lowest BCUT2D eigenvalue weighted by Gasteiger charge is -2.31. The molecule has 0 amide bonds. The molecule has 0 saturated heterocycles. The summed E-state index contributed by atoms with van der Waals surface area (Å²) in [6, 6.07) is 88.9. The maximum Gasteiger partial charge on any atom is 0.0543 e. The van der Waals surface area contributed by atoms with Crippen LogP contribution in [0.1, 0.15) is 50.7 Å². The van der Waals surface area contributed by atoms with Crippen LogP contribution in [0.3, 0.4) is 0 Å². The van der Waals surface area contributed by atoms with Gasteiger partial charge in [0.15, 0.2) is 0 Å². The maximum absolute atomic E-state index is 2.68. The van der Waals surface area contributed by atoms with Gasteiger partial charge in [0.2, 0.25) is 0 Å². The van der Waals surface area contributed by atoms with Gasteiger partial charge < -0.3 is 9.80 Å². The normalized spacial score (nSPS) is 12.8. The molecule has 2 aliphatic rings. The van der Waals surface area contributed by atoms with Gasteiger partial charge in [0.1, 0.15) is 0 Å². The summed E-state index contributed by atoms with van der Waals surface area (Å²) in [5.74, 6) is 5.36. The van der Waals surface area contributed by atoms with Gasteiger partial charge in [-0.3, -0.25) is 0 Å². The fourth-order valence-electron chi connectivity index (χ4n) is 10.9. The van der Waals surface area contributed by atoms with Crippen molar-refractivity contribution < 1.29 is 0 Å². The van der Waals surface area contributed by atoms with E-state index in [0.717, 1.165) is 28.4 Å². The van der Waals surface area contributed by atoms with Crippen LogP contribution in [0, 0.1) is 11.8 Å². The SMILES string of the molecule is CC#CC.c1ccc(-c2ccc(N(c3ccc(-c4ccccc4)cc3)c3ccc(-c4ccc(N(c5ccccc5)c5cc6c(c7ccccc57)-c5ccccc5C65CCCC5)cc4)cc3)cc2)cc1. The number of para-hydroxylation sites is 1. The van der Waals surface area contributed by atoms with Gasteiger partial charge in [0.25, 0.3) is 0 Å². The van der Waals surface area contributed by atoms with Crippen molar-refractivity contribution in [3.05, 3.63) is 254 Å². The first-order valence-corrected chi connectivity index (χ1v) is 24.3. The quantitative estimate of drug-likeness (QED) is 0.133. The first kappa shape index (κ1) is 43.2. The molecule has 0 aliphatic heterocycles. The average molecular weight is 887 g/mol. The molecule has 0 unspecified atom stereocenters. The minimum Gasteiger partial charge on any atom is -0.311 e. The summed E-state index contributed by atoms with van der Waals surface area (Å²) in [7, 11) is 0. The average Bonchev–Trinajstić information content (AvgIpc) is 4.04. The fraction of sp³-hybridized carbons (Fsp3) is 0.104. The largest absolute Gasteiger partial charge is 0.311 e. The molecule has 2 aliphatic carbocycles. The molecular formula is C67H54N2. The molecule has 2 nitrogen and oxygen atoms in total. The Morgan fingerprint density at radius 1 is 0.333 bits per heavy atom. The Morgan fingerprint density at radius 2 is 0.696 bits per heavy atom. The van der Waals surface area contributed by atoms with Gasteiger partial charge in [-0.05, 0) is 154 Å². The van der Waals surface area contributed by atoms with E-state index in [1.807, 2.05) is 13.8 Å². The summed E-state index contributed by atoms with van der Waals surface area (Å²) in [6.45, 7) is 3.64. The van der Waals surface area contributed by atoms with E-state index < -0.39 is 0 Å². The molecule has 10 aromatic carbocycles. The van der Waals surface area contributed by atoms with E-state index >= 15 is 0 Å². The summed E-state index contributed by atoms with van der Waals surface area (Å²) < 4.78 is 0. The summed E-state index contributed by atoms with van der Waals surface area (Å²) in [6.07, 6.45) is 4.93. The lowest BCUT2D eigenvalue weighted by Crippen LogP contribution is -2.21. The minimum atomic E-state index is 0.0654. The van der Waals surface area contributed by atoms with Crippen LogP contribution in [-0.4, -0.2) is 0 Å². The zero-order valence-corrected chi connectivity index (χ0v) is 39.3. The molecule has 0 N–H and O–H groups in total. The Balaban J connectivity index is 0.00000125. The van der Waals surface area contributed by atoms with Crippen LogP contribution < -0.4 is 9.80 Å². The fourth-order valence-corrected chi connectivity index (χ4v) is 10.9. The van der Waals surface area contributed by atoms with E-state index in [1.54, 1.807) is 0 Å². The molecule has 0 heterocycles. The van der Waals surface area contributed by atoms with Crippen molar-refractivity contribution in [2.45, 2.75) is 44.9 Å². The predicted molar refractivity (Wildman–Crippen MR) is 293 cm³/mol. The summed E-state index contributed by atoms with van der Waals surface area (Å²) >= 11 is 0. The van der Waals surface area contributed by atoms with Gasteiger partial charge >= 0.3 is 0 Å². The zero-order valence-electron chi connectivity index (χ0n) is 39.3. The summed E-state index contributed by atoms with van der Waals surface area (Å²) in [4.78, 5) is 4.83. The number of hydrogen-bond acceptors (Lipinski definition) is 2. The van der Waals surface area contributed by atoms with Crippen LogP contribution in [-0.2, 0) is 5.41 Å². The highest BCUT2D eigenvalue weighted by atomic mass is 15.1. The first-order chi connectivity index (χ1) is 34.1. The third kappa shape index (κ3) is 8.17. The van der Waals surface area contributed by atoms with E-state index in [-0.39, 0.29) is 5.41 Å². The number of hydrogen-bond donors (Lipinski definition) is 0. The molecule has 0 radical (unpaired) electrons. The van der Waals surface area contributed by atoms with Crippen molar-refractivity contribution >= 4 is 44.9 Å². The second-order valence-electron chi connectivity index (χ2n) is 18.1. The molecule has 332 valence electrons. The van der Waals surface area contributed by atoms with Crippen molar-refractivity contribution in [3.63, 3.8) is 0 Å². The van der Waals surface area contributed by atoms with E-state index in [4.69, 9.17) is 0 Å². The molecule has 0 bridgehead atoms. The molecule has 2 heteroatoms. The van der Waals surface area contributed by atoms with Crippen LogP contribution in [0.2, 0.25) is 0 Å². The van der Waals surface area contributed by atoms with Crippen LogP contribution in [0.15, 0.2) is 243 Å². The Labute approximate surface area is 407 Å². The molecule has 1 saturated carbocycles. The highest BCUT2D eigenvalue weighted by molar-refractivity contribution is 6.10. The number of fused-ring (bicyclic) bond motifs is 7. The lowest BCUT2D eigenvalue weighted by molar-refractivity contribution is 0.550. The Hall–Kier alpha value is -8.38. The molecule has 10 aromatic rings. The Kier molecular flexibility index (Phi) is 11.9. The second-order valence-corrected chi connectivity index (χ2v) is 18.1. The molecule has 12 rings (SSSR count). The van der Waals surface area contributed by atoms with Crippen LogP contribution in [0.25, 0.3) is 55.3 Å². The molecule has 69 heavy (non-hydrogen) atoms. The number of anilines is 6. The van der Waals surface area contributed by atoms with E-state index in [1.165, 1.54) is 97.8 Å². The monoisotopic (exact) mass is 886 g/mol. The Bertz CT molecular complexity index is 3330. The number of rotatable bonds is 9. The maximum atomic E-state index is 2.68. The molecule has 1 fully saturated rings. The topological polar surface area (TPSA) is 6.48 Å². The Morgan fingerprint density at radius 3 is 1.16 bits per heavy atom. The number of benzene rings is 10. The number of nitrogens with zero attached hydrogens (tertiary/aromatic N) is 2. The van der Waals surface area contributed by atoms with Crippen molar-refractivity contribution in [2.24, 2.45) is 0 Å². The van der Waals surface area contributed by atoms with E-state index in [2.05, 4.69) is 264 Å². The molecule has 1 spiro atoms. The molecular weight excluding hydrogens is 833 g/mol. The van der Waals surface area contributed by atoms with E-state index in [9.17, 15) is 0 Å². The van der Waals surface area contributed by atoms with Gasteiger partial charge in [-0.15, -0.1) is 11.8 Å². The highest BCUT2D eigenvalue weighted by Crippen LogP contribution is 2.60. The van der Waals surface area contributed by atoms with Gasteiger partial charge in [0.05, 0.1) is 5.69 Å². The van der Waals surface area contributed by atoms with Crippen molar-refractivity contribution in [1.82, 2.24) is 0 Å². The van der Waals surface area contributed by atoms with E-state index in [0.29, 0.717) is 0 Å². The smallest absolute Gasteiger partial charge is 0.0543 e. The first-order valence-electron chi connectivity index (χ1n) is 24.3. The zero-order chi connectivity index (χ0) is 46.6. The van der Waals surface area contributed by atoms with Gasteiger partial charge in [0, 0.05) is 39.2 Å². The summed E-state index contributed by atoms with van der Waals surface area (Å²) in [5, 5.41) is 2.61.